The van der Waals surface area contributed by atoms with Crippen molar-refractivity contribution in [3.8, 4) is 23.1 Å². The lowest BCUT2D eigenvalue weighted by Crippen LogP contribution is -2.50. The van der Waals surface area contributed by atoms with E-state index in [0.717, 1.165) is 23.4 Å². The van der Waals surface area contributed by atoms with Gasteiger partial charge in [-0.25, -0.2) is 9.48 Å². The Hall–Kier alpha value is -3.48. The van der Waals surface area contributed by atoms with Crippen LogP contribution >= 0.6 is 0 Å². The van der Waals surface area contributed by atoms with Gasteiger partial charge in [0.15, 0.2) is 11.5 Å². The maximum absolute atomic E-state index is 13.2. The Morgan fingerprint density at radius 1 is 1.09 bits per heavy atom. The molecule has 7 nitrogen and oxygen atoms in total. The van der Waals surface area contributed by atoms with Gasteiger partial charge in [0.2, 0.25) is 5.88 Å². The Labute approximate surface area is 202 Å². The number of urea groups is 1. The lowest BCUT2D eigenvalue weighted by Gasteiger charge is -2.32. The number of aryl methyl sites for hydroxylation is 1. The van der Waals surface area contributed by atoms with Crippen LogP contribution in [0.4, 0.5) is 4.79 Å². The fourth-order valence-corrected chi connectivity index (χ4v) is 3.59. The first kappa shape index (κ1) is 25.1. The normalized spacial score (nSPS) is 12.2. The molecular formula is C27H36N4O3. The summed E-state index contributed by atoms with van der Waals surface area (Å²) in [6, 6.07) is 17.3. The molecule has 2 amide bonds. The second-order valence-corrected chi connectivity index (χ2v) is 9.43. The summed E-state index contributed by atoms with van der Waals surface area (Å²) in [6.07, 6.45) is 0.826. The number of rotatable bonds is 8. The van der Waals surface area contributed by atoms with Crippen LogP contribution in [0.1, 0.15) is 52.3 Å². The topological polar surface area (TPSA) is 68.6 Å². The van der Waals surface area contributed by atoms with E-state index in [4.69, 9.17) is 14.6 Å². The summed E-state index contributed by atoms with van der Waals surface area (Å²) in [7, 11) is 1.62. The molecule has 0 saturated carbocycles. The third-order valence-electron chi connectivity index (χ3n) is 5.61. The Morgan fingerprint density at radius 2 is 1.71 bits per heavy atom. The van der Waals surface area contributed by atoms with Crippen molar-refractivity contribution in [3.05, 3.63) is 65.9 Å². The molecule has 1 heterocycles. The molecule has 3 aromatic rings. The smallest absolute Gasteiger partial charge is 0.318 e. The van der Waals surface area contributed by atoms with Crippen LogP contribution in [0, 0.1) is 6.92 Å². The molecule has 0 bridgehead atoms. The standard InChI is InChI=1S/C27H36N4O3/c1-8-19(2)30(26(32)28-27(4,5)6)18-22-20(3)29-31(21-14-10-9-11-15-21)25(22)34-24-17-13-12-16-23(24)33-7/h9-17,19H,8,18H2,1-7H3,(H,28,32). The molecule has 0 fully saturated rings. The summed E-state index contributed by atoms with van der Waals surface area (Å²) in [4.78, 5) is 15.1. The summed E-state index contributed by atoms with van der Waals surface area (Å²) in [5.41, 5.74) is 2.17. The van der Waals surface area contributed by atoms with Crippen molar-refractivity contribution < 1.29 is 14.3 Å². The summed E-state index contributed by atoms with van der Waals surface area (Å²) in [5, 5.41) is 7.90. The van der Waals surface area contributed by atoms with Crippen LogP contribution in [0.5, 0.6) is 17.4 Å². The van der Waals surface area contributed by atoms with Gasteiger partial charge in [-0.3, -0.25) is 0 Å². The van der Waals surface area contributed by atoms with Crippen molar-refractivity contribution in [1.82, 2.24) is 20.0 Å². The van der Waals surface area contributed by atoms with Crippen LogP contribution in [0.2, 0.25) is 0 Å². The number of nitrogens with zero attached hydrogens (tertiary/aromatic N) is 3. The molecule has 1 aromatic heterocycles. The number of hydrogen-bond donors (Lipinski definition) is 1. The Bertz CT molecular complexity index is 1100. The van der Waals surface area contributed by atoms with E-state index < -0.39 is 0 Å². The van der Waals surface area contributed by atoms with Gasteiger partial charge in [0.05, 0.1) is 30.6 Å². The van der Waals surface area contributed by atoms with Gasteiger partial charge in [-0.2, -0.15) is 5.10 Å². The minimum absolute atomic E-state index is 0.0286. The number of nitrogens with one attached hydrogen (secondary N) is 1. The molecule has 0 saturated heterocycles. The third-order valence-corrected chi connectivity index (χ3v) is 5.61. The minimum Gasteiger partial charge on any atom is -0.493 e. The molecule has 182 valence electrons. The average molecular weight is 465 g/mol. The summed E-state index contributed by atoms with van der Waals surface area (Å²) >= 11 is 0. The number of carbonyl (C=O) groups excluding carboxylic acids is 1. The zero-order valence-corrected chi connectivity index (χ0v) is 21.3. The monoisotopic (exact) mass is 464 g/mol. The number of hydrogen-bond acceptors (Lipinski definition) is 4. The lowest BCUT2D eigenvalue weighted by molar-refractivity contribution is 0.164. The van der Waals surface area contributed by atoms with Gasteiger partial charge < -0.3 is 19.7 Å². The summed E-state index contributed by atoms with van der Waals surface area (Å²) < 4.78 is 13.7. The first-order valence-corrected chi connectivity index (χ1v) is 11.7. The highest BCUT2D eigenvalue weighted by molar-refractivity contribution is 5.75. The van der Waals surface area contributed by atoms with Crippen molar-refractivity contribution in [1.29, 1.82) is 0 Å². The highest BCUT2D eigenvalue weighted by Crippen LogP contribution is 2.36. The van der Waals surface area contributed by atoms with E-state index in [0.29, 0.717) is 23.9 Å². The van der Waals surface area contributed by atoms with Crippen LogP contribution in [0.15, 0.2) is 54.6 Å². The van der Waals surface area contributed by atoms with Crippen molar-refractivity contribution in [2.45, 2.75) is 66.1 Å². The molecule has 1 unspecified atom stereocenters. The molecule has 0 radical (unpaired) electrons. The Balaban J connectivity index is 2.10. The van der Waals surface area contributed by atoms with Gasteiger partial charge in [-0.15, -0.1) is 0 Å². The van der Waals surface area contributed by atoms with E-state index in [1.807, 2.05) is 87.2 Å². The summed E-state index contributed by atoms with van der Waals surface area (Å²) in [5.74, 6) is 1.76. The van der Waals surface area contributed by atoms with E-state index in [1.54, 1.807) is 11.8 Å². The molecule has 0 spiro atoms. The van der Waals surface area contributed by atoms with Crippen LogP contribution < -0.4 is 14.8 Å². The highest BCUT2D eigenvalue weighted by Gasteiger charge is 2.28. The first-order valence-electron chi connectivity index (χ1n) is 11.7. The molecular weight excluding hydrogens is 428 g/mol. The van der Waals surface area contributed by atoms with E-state index in [2.05, 4.69) is 19.2 Å². The molecule has 0 aliphatic rings. The minimum atomic E-state index is -0.344. The van der Waals surface area contributed by atoms with E-state index in [-0.39, 0.29) is 17.6 Å². The molecule has 0 aliphatic heterocycles. The van der Waals surface area contributed by atoms with E-state index >= 15 is 0 Å². The fraction of sp³-hybridized carbons (Fsp3) is 0.407. The quantitative estimate of drug-likeness (QED) is 0.438. The van der Waals surface area contributed by atoms with Crippen molar-refractivity contribution in [2.75, 3.05) is 7.11 Å². The zero-order valence-electron chi connectivity index (χ0n) is 21.3. The van der Waals surface area contributed by atoms with Gasteiger partial charge in [-0.05, 0) is 65.3 Å². The molecule has 3 rings (SSSR count). The third kappa shape index (κ3) is 5.90. The van der Waals surface area contributed by atoms with E-state index in [1.165, 1.54) is 0 Å². The Morgan fingerprint density at radius 3 is 2.29 bits per heavy atom. The maximum atomic E-state index is 13.2. The number of para-hydroxylation sites is 3. The summed E-state index contributed by atoms with van der Waals surface area (Å²) in [6.45, 7) is 12.4. The van der Waals surface area contributed by atoms with Crippen LogP contribution in [0.25, 0.3) is 5.69 Å². The molecule has 34 heavy (non-hydrogen) atoms. The SMILES string of the molecule is CCC(C)N(Cc1c(C)nn(-c2ccccc2)c1Oc1ccccc1OC)C(=O)NC(C)(C)C. The Kier molecular flexibility index (Phi) is 7.87. The number of methoxy groups -OCH3 is 1. The average Bonchev–Trinajstić information content (AvgIpc) is 3.11. The number of amides is 2. The highest BCUT2D eigenvalue weighted by atomic mass is 16.5. The van der Waals surface area contributed by atoms with E-state index in [9.17, 15) is 4.79 Å². The van der Waals surface area contributed by atoms with Crippen LogP contribution in [0.3, 0.4) is 0 Å². The predicted molar refractivity (Wildman–Crippen MR) is 135 cm³/mol. The number of carbonyl (C=O) groups is 1. The van der Waals surface area contributed by atoms with Crippen LogP contribution in [-0.2, 0) is 6.54 Å². The number of ether oxygens (including phenoxy) is 2. The van der Waals surface area contributed by atoms with Gasteiger partial charge in [0, 0.05) is 11.6 Å². The molecule has 1 N–H and O–H groups in total. The second-order valence-electron chi connectivity index (χ2n) is 9.43. The largest absolute Gasteiger partial charge is 0.493 e. The molecule has 1 atom stereocenters. The van der Waals surface area contributed by atoms with Crippen molar-refractivity contribution in [2.24, 2.45) is 0 Å². The van der Waals surface area contributed by atoms with Crippen molar-refractivity contribution in [3.63, 3.8) is 0 Å². The maximum Gasteiger partial charge on any atom is 0.318 e. The van der Waals surface area contributed by atoms with Crippen LogP contribution in [-0.4, -0.2) is 39.4 Å². The molecule has 2 aromatic carbocycles. The van der Waals surface area contributed by atoms with Crippen molar-refractivity contribution >= 4 is 6.03 Å². The molecule has 7 heteroatoms. The first-order chi connectivity index (χ1) is 16.1. The number of aromatic nitrogens is 2. The number of benzene rings is 2. The van der Waals surface area contributed by atoms with Gasteiger partial charge in [0.1, 0.15) is 0 Å². The van der Waals surface area contributed by atoms with Gasteiger partial charge in [-0.1, -0.05) is 37.3 Å². The van der Waals surface area contributed by atoms with Gasteiger partial charge >= 0.3 is 6.03 Å². The lowest BCUT2D eigenvalue weighted by atomic mass is 10.1. The van der Waals surface area contributed by atoms with Gasteiger partial charge in [0.25, 0.3) is 0 Å². The fourth-order valence-electron chi connectivity index (χ4n) is 3.59. The molecule has 0 aliphatic carbocycles. The second kappa shape index (κ2) is 10.6. The zero-order chi connectivity index (χ0) is 24.9. The predicted octanol–water partition coefficient (Wildman–Crippen LogP) is 6.09.